The molecule has 4 aromatic carbocycles. The Bertz CT molecular complexity index is 5500. The van der Waals surface area contributed by atoms with Crippen LogP contribution < -0.4 is 25.0 Å². The first-order chi connectivity index (χ1) is 58.7. The van der Waals surface area contributed by atoms with E-state index in [4.69, 9.17) is 69.2 Å². The summed E-state index contributed by atoms with van der Waals surface area (Å²) in [7, 11) is -0.248. The quantitative estimate of drug-likeness (QED) is 0.0201. The Hall–Kier alpha value is -8.92. The third kappa shape index (κ3) is 13.5. The van der Waals surface area contributed by atoms with Crippen molar-refractivity contribution < 1.29 is 113 Å². The summed E-state index contributed by atoms with van der Waals surface area (Å²) in [5.41, 5.74) is 3.18. The molecule has 6 aromatic rings. The number of H-pyrrole nitrogens is 2. The summed E-state index contributed by atoms with van der Waals surface area (Å²) in [4.78, 5) is 106. The standard InChI is InChI=1S/C46H56N4O9.C43H55N5O7.2H2O4S/c1-7-28-20-29-23-45(41(53)57-5,37-31(14-18-48(24-28)25-29)30-12-9-10-13-34(30)47-37)33-21-32-35(22-36(33)56-4)50(26-51)39-44(32)16-19-49-17-11-15-43(8-2,38(44)49)40(59-27(3)52)46(39,55)42(54)58-6;1-6-39(52)21-25-22-42(38(51)55-5,33-27(13-17-47(23-25)24-39)26-11-8-9-12-30(26)45-33)29-19-28-31(20-32(29)54-4)46(3)35-41(28)15-18-48-16-10-14-40(7-2,34(41)48)36(49)43(35,53)37(44)50;2*1-5(2,3)4/h9-13,15,21-22,26,28-29,38-40,47,55H,7-8,14,16-20,23-25H2,1-6H3;8-12,14,19-20,25,34-36,45,49,52-53H,6-7,13,15-18,21-24H2,1-5H3,(H2,44,50);2*(H2,1,2,3,4)/t28-,29-,38+,39-,40-,43-,44-,45+,46+;25-,34+,35-,36-,39+,40-,41-,42+,43+;;/m11../s1. The zero-order valence-electron chi connectivity index (χ0n) is 71.8. The number of aliphatic hydroxyl groups excluding tert-OH is 1. The van der Waals surface area contributed by atoms with E-state index in [1.54, 1.807) is 20.3 Å². The van der Waals surface area contributed by atoms with Gasteiger partial charge in [-0.15, -0.1) is 0 Å². The summed E-state index contributed by atoms with van der Waals surface area (Å²) < 4.78 is 99.2. The van der Waals surface area contributed by atoms with Gasteiger partial charge in [-0.25, -0.2) is 4.79 Å². The number of hydrogen-bond acceptors (Lipinski definition) is 25. The molecule has 2 aromatic heterocycles. The minimum Gasteiger partial charge on any atom is -0.496 e. The molecule has 6 fully saturated rings. The minimum atomic E-state index is -4.67. The molecule has 0 unspecified atom stereocenters. The van der Waals surface area contributed by atoms with Crippen LogP contribution in [0.25, 0.3) is 21.8 Å². The maximum Gasteiger partial charge on any atom is 0.394 e. The maximum atomic E-state index is 15.3. The van der Waals surface area contributed by atoms with Gasteiger partial charge in [-0.3, -0.25) is 56.9 Å². The first-order valence-corrected chi connectivity index (χ1v) is 45.4. The van der Waals surface area contributed by atoms with Crippen LogP contribution in [0.2, 0.25) is 0 Å². The van der Waals surface area contributed by atoms with Gasteiger partial charge in [-0.05, 0) is 148 Å². The number of aromatic nitrogens is 2. The Balaban J connectivity index is 0.000000173. The van der Waals surface area contributed by atoms with Crippen LogP contribution in [0.1, 0.15) is 144 Å². The molecule has 10 aliphatic heterocycles. The van der Waals surface area contributed by atoms with E-state index < -0.39 is 130 Å². The predicted molar refractivity (Wildman–Crippen MR) is 456 cm³/mol. The van der Waals surface area contributed by atoms with Gasteiger partial charge in [0.25, 0.3) is 5.91 Å². The molecule has 35 heteroatoms. The van der Waals surface area contributed by atoms with Crippen molar-refractivity contribution in [2.75, 3.05) is 118 Å². The van der Waals surface area contributed by atoms with Crippen molar-refractivity contribution in [2.45, 2.75) is 187 Å². The van der Waals surface area contributed by atoms with Crippen LogP contribution in [0.4, 0.5) is 11.4 Å². The molecule has 18 rings (SSSR count). The van der Waals surface area contributed by atoms with Gasteiger partial charge in [0.2, 0.25) is 12.0 Å². The van der Waals surface area contributed by atoms with Gasteiger partial charge in [-0.2, -0.15) is 16.8 Å². The first kappa shape index (κ1) is 89.9. The van der Waals surface area contributed by atoms with E-state index in [1.165, 1.54) is 33.2 Å². The van der Waals surface area contributed by atoms with E-state index >= 15 is 9.59 Å². The first-order valence-electron chi connectivity index (χ1n) is 42.6. The number of carbonyl (C=O) groups is 6. The third-order valence-corrected chi connectivity index (χ3v) is 30.7. The lowest BCUT2D eigenvalue weighted by Crippen LogP contribution is -2.81. The summed E-state index contributed by atoms with van der Waals surface area (Å²) in [6, 6.07) is 21.3. The number of likely N-dealkylation sites (N-methyl/N-ethyl adjacent to an activating group) is 1. The van der Waals surface area contributed by atoms with Crippen LogP contribution in [0.15, 0.2) is 97.1 Å². The summed E-state index contributed by atoms with van der Waals surface area (Å²) in [5.74, 6) is -2.12. The zero-order chi connectivity index (χ0) is 89.5. The van der Waals surface area contributed by atoms with Crippen LogP contribution in [0.3, 0.4) is 0 Å². The number of methoxy groups -OCH3 is 5. The van der Waals surface area contributed by atoms with Crippen molar-refractivity contribution in [3.8, 4) is 11.5 Å². The number of anilines is 2. The van der Waals surface area contributed by atoms with Crippen LogP contribution >= 0.6 is 0 Å². The zero-order valence-corrected chi connectivity index (χ0v) is 73.4. The monoisotopic (exact) mass is 1760 g/mol. The Kier molecular flexibility index (Phi) is 23.5. The molecule has 20 atom stereocenters. The second kappa shape index (κ2) is 32.4. The normalized spacial score (nSPS) is 35.2. The molecule has 4 bridgehead atoms. The average Bonchev–Trinajstić information content (AvgIpc) is 1.39. The fourth-order valence-corrected chi connectivity index (χ4v) is 26.4. The Labute approximate surface area is 720 Å². The molecule has 0 radical (unpaired) electrons. The van der Waals surface area contributed by atoms with Gasteiger partial charge >= 0.3 is 44.7 Å². The fourth-order valence-electron chi connectivity index (χ4n) is 26.4. The topological polar surface area (TPSA) is 465 Å². The van der Waals surface area contributed by atoms with E-state index in [9.17, 15) is 39.6 Å². The highest BCUT2D eigenvalue weighted by atomic mass is 32.3. The SMILES string of the molecule is CC[C@@H]1C[C@H]2C[N@](CCc3c([nH]c4ccccc34)[C@@](C(=O)OC)(c3cc4c(cc3OC)N(C=O)[C@H]3[C@@](O)(C(=O)OC)[C@H](OC(C)=O)[C@]5(CC)C=CCN6CC[C@]43[C@@H]65)C2)C1.CC[C@]1(O)C[C@H]2C[N@](CCc3c([nH]c4ccccc34)[C@@](C(=O)OC)(c3cc4c(cc3OC)N(C)[C@H]3[C@@](O)(C(N)=O)[C@H](O)[C@]5(CC)C=CCN6CC[C@]43[C@@H]65)C2)C1.O=S(=O)(O)O.O=S(=O)(O)O. The molecule has 2 saturated carbocycles. The highest BCUT2D eigenvalue weighted by molar-refractivity contribution is 7.80. The number of nitrogens with zero attached hydrogens (tertiary/aromatic N) is 6. The van der Waals surface area contributed by atoms with E-state index in [-0.39, 0.29) is 17.9 Å². The number of aromatic amines is 2. The molecule has 2 spiro atoms. The van der Waals surface area contributed by atoms with Crippen molar-refractivity contribution in [3.63, 3.8) is 0 Å². The van der Waals surface area contributed by atoms with Gasteiger partial charge in [-0.1, -0.05) is 94.8 Å². The molecule has 12 aliphatic rings. The van der Waals surface area contributed by atoms with Crippen LogP contribution in [-0.2, 0) is 103 Å². The minimum absolute atomic E-state index is 0.0790. The highest BCUT2D eigenvalue weighted by Gasteiger charge is 2.82. The molecule has 2 amide bonds. The van der Waals surface area contributed by atoms with Crippen LogP contribution in [0, 0.1) is 28.6 Å². The van der Waals surface area contributed by atoms with E-state index in [0.717, 1.165) is 101 Å². The van der Waals surface area contributed by atoms with Gasteiger partial charge in [0.1, 0.15) is 28.4 Å². The second-order valence-electron chi connectivity index (χ2n) is 36.2. The average molecular weight is 1760 g/mol. The Morgan fingerprint density at radius 1 is 0.581 bits per heavy atom. The number of amides is 2. The summed E-state index contributed by atoms with van der Waals surface area (Å²) >= 11 is 0. The largest absolute Gasteiger partial charge is 0.496 e. The smallest absolute Gasteiger partial charge is 0.394 e. The number of carbonyl (C=O) groups excluding carboxylic acids is 6. The Morgan fingerprint density at radius 3 is 1.54 bits per heavy atom. The molecule has 124 heavy (non-hydrogen) atoms. The highest BCUT2D eigenvalue weighted by Crippen LogP contribution is 2.71. The van der Waals surface area contributed by atoms with E-state index in [2.05, 4.69) is 54.7 Å². The second-order valence-corrected chi connectivity index (χ2v) is 38.0. The van der Waals surface area contributed by atoms with Crippen LogP contribution in [0.5, 0.6) is 11.5 Å². The number of nitrogens with one attached hydrogen (secondary N) is 2. The number of rotatable bonds is 14. The number of hydrogen-bond donors (Lipinski definition) is 11. The number of nitrogens with two attached hydrogens (primary N) is 1. The number of piperidine rings is 2. The lowest BCUT2D eigenvalue weighted by atomic mass is 9.47. The number of fused-ring (bicyclic) bond motifs is 12. The van der Waals surface area contributed by atoms with Crippen LogP contribution in [-0.4, -0.2) is 282 Å². The van der Waals surface area contributed by atoms with E-state index in [0.29, 0.717) is 143 Å². The number of ether oxygens (including phenoxy) is 6. The maximum absolute atomic E-state index is 15.3. The molecule has 33 nitrogen and oxygen atoms in total. The number of para-hydroxylation sites is 2. The lowest BCUT2D eigenvalue weighted by Gasteiger charge is -2.63. The van der Waals surface area contributed by atoms with Crippen molar-refractivity contribution in [1.29, 1.82) is 0 Å². The molecule has 12 N–H and O–H groups in total. The van der Waals surface area contributed by atoms with Crippen molar-refractivity contribution in [2.24, 2.45) is 34.3 Å². The summed E-state index contributed by atoms with van der Waals surface area (Å²) in [5, 5.41) is 52.3. The molecule has 2 aliphatic carbocycles. The lowest BCUT2D eigenvalue weighted by molar-refractivity contribution is -0.228. The predicted octanol–water partition coefficient (Wildman–Crippen LogP) is 5.83. The number of benzene rings is 4. The van der Waals surface area contributed by atoms with Crippen molar-refractivity contribution in [3.05, 3.63) is 142 Å². The molecular formula is C89H115N9O24S2. The summed E-state index contributed by atoms with van der Waals surface area (Å²) in [6.07, 6.45) is 13.0. The Morgan fingerprint density at radius 2 is 1.06 bits per heavy atom. The number of aliphatic hydroxyl groups is 4. The third-order valence-electron chi connectivity index (χ3n) is 30.7. The molecule has 12 heterocycles. The van der Waals surface area contributed by atoms with Gasteiger partial charge in [0.05, 0.1) is 58.9 Å². The molecule has 4 saturated heterocycles. The van der Waals surface area contributed by atoms with E-state index in [1.807, 2.05) is 106 Å². The number of primary amides is 1. The van der Waals surface area contributed by atoms with Crippen molar-refractivity contribution >= 4 is 90.2 Å². The van der Waals surface area contributed by atoms with Gasteiger partial charge < -0.3 is 79.2 Å². The fraction of sp³-hybridized carbons (Fsp3) is 0.573. The number of esters is 4. The molecular weight excluding hydrogens is 1640 g/mol. The summed E-state index contributed by atoms with van der Waals surface area (Å²) in [6.45, 7) is 16.7. The molecule has 672 valence electrons. The van der Waals surface area contributed by atoms with Crippen molar-refractivity contribution in [1.82, 2.24) is 29.6 Å². The van der Waals surface area contributed by atoms with Gasteiger partial charge in [0.15, 0.2) is 11.7 Å². The van der Waals surface area contributed by atoms with Gasteiger partial charge in [0, 0.05) is 162 Å².